The summed E-state index contributed by atoms with van der Waals surface area (Å²) < 4.78 is 52.9. The summed E-state index contributed by atoms with van der Waals surface area (Å²) in [5.41, 5.74) is 1.60. The van der Waals surface area contributed by atoms with Gasteiger partial charge in [-0.2, -0.15) is 13.2 Å². The molecule has 1 aliphatic heterocycles. The number of rotatable bonds is 6. The largest absolute Gasteiger partial charge is 0.416 e. The Hall–Kier alpha value is -3.93. The van der Waals surface area contributed by atoms with Gasteiger partial charge in [-0.15, -0.1) is 0 Å². The van der Waals surface area contributed by atoms with Crippen LogP contribution in [0.3, 0.4) is 0 Å². The van der Waals surface area contributed by atoms with E-state index in [1.165, 1.54) is 6.20 Å². The van der Waals surface area contributed by atoms with Crippen molar-refractivity contribution in [2.75, 3.05) is 36.5 Å². The molecule has 8 nitrogen and oxygen atoms in total. The maximum atomic E-state index is 13.5. The molecule has 12 heteroatoms. The van der Waals surface area contributed by atoms with Gasteiger partial charge in [-0.1, -0.05) is 0 Å². The molecule has 196 valence electrons. The summed E-state index contributed by atoms with van der Waals surface area (Å²) in [7, 11) is 0. The van der Waals surface area contributed by atoms with Crippen molar-refractivity contribution in [2.24, 2.45) is 0 Å². The summed E-state index contributed by atoms with van der Waals surface area (Å²) in [6, 6.07) is 4.94. The highest BCUT2D eigenvalue weighted by Gasteiger charge is 2.31. The maximum absolute atomic E-state index is 13.5. The van der Waals surface area contributed by atoms with Gasteiger partial charge in [0.05, 0.1) is 23.3 Å². The Balaban J connectivity index is 1.40. The third kappa shape index (κ3) is 4.95. The number of fused-ring (bicyclic) bond motifs is 1. The van der Waals surface area contributed by atoms with Crippen LogP contribution in [0.5, 0.6) is 0 Å². The average molecular weight is 525 g/mol. The number of nitrogens with one attached hydrogen (secondary N) is 2. The predicted octanol–water partition coefficient (Wildman–Crippen LogP) is 4.87. The number of hydrogen-bond donors (Lipinski definition) is 2. The van der Waals surface area contributed by atoms with E-state index in [1.54, 1.807) is 18.3 Å². The molecule has 0 aromatic carbocycles. The van der Waals surface area contributed by atoms with Gasteiger partial charge in [0, 0.05) is 49.2 Å². The van der Waals surface area contributed by atoms with E-state index in [9.17, 15) is 17.6 Å². The molecule has 1 aliphatic carbocycles. The lowest BCUT2D eigenvalue weighted by Gasteiger charge is -2.34. The molecule has 0 spiro atoms. The first kappa shape index (κ1) is 24.4. The SMILES string of the molecule is FC[C@H]1CN(c2nc(-c3ccnc(Nc4cc(C(F)(F)F)ccn4)c3)nc3cncc(C4CC4)c23)CCN1. The van der Waals surface area contributed by atoms with Gasteiger partial charge in [0.2, 0.25) is 0 Å². The maximum Gasteiger partial charge on any atom is 0.416 e. The van der Waals surface area contributed by atoms with Crippen molar-refractivity contribution in [1.82, 2.24) is 30.2 Å². The molecule has 4 aromatic heterocycles. The van der Waals surface area contributed by atoms with Crippen molar-refractivity contribution in [1.29, 1.82) is 0 Å². The standard InChI is InChI=1S/C26H24F4N8/c27-11-18-14-38(8-7-32-18)25-23-19(15-1-2-15)12-31-13-20(23)35-24(37-25)16-3-5-33-21(9-16)36-22-10-17(4-6-34-22)26(28,29)30/h3-6,9-10,12-13,15,18,32H,1-2,7-8,11,14H2,(H,33,34,36)/t18-/m0/s1. The number of pyridine rings is 3. The molecule has 6 rings (SSSR count). The second-order valence-corrected chi connectivity index (χ2v) is 9.50. The van der Waals surface area contributed by atoms with Gasteiger partial charge in [0.1, 0.15) is 24.1 Å². The highest BCUT2D eigenvalue weighted by Crippen LogP contribution is 2.45. The van der Waals surface area contributed by atoms with Gasteiger partial charge in [-0.05, 0) is 48.6 Å². The Bertz CT molecular complexity index is 1470. The Morgan fingerprint density at radius 2 is 1.82 bits per heavy atom. The van der Waals surface area contributed by atoms with Crippen LogP contribution < -0.4 is 15.5 Å². The Kier molecular flexibility index (Phi) is 6.26. The molecule has 38 heavy (non-hydrogen) atoms. The van der Waals surface area contributed by atoms with Crippen LogP contribution in [0.1, 0.15) is 29.9 Å². The lowest BCUT2D eigenvalue weighted by atomic mass is 10.1. The van der Waals surface area contributed by atoms with Crippen molar-refractivity contribution in [3.8, 4) is 11.4 Å². The Labute approximate surface area is 215 Å². The minimum Gasteiger partial charge on any atom is -0.353 e. The Morgan fingerprint density at radius 3 is 2.58 bits per heavy atom. The zero-order valence-electron chi connectivity index (χ0n) is 20.2. The van der Waals surface area contributed by atoms with Crippen molar-refractivity contribution in [2.45, 2.75) is 31.0 Å². The fourth-order valence-electron chi connectivity index (χ4n) is 4.72. The van der Waals surface area contributed by atoms with E-state index in [2.05, 4.69) is 30.5 Å². The molecule has 0 bridgehead atoms. The van der Waals surface area contributed by atoms with E-state index in [1.807, 2.05) is 6.20 Å². The smallest absolute Gasteiger partial charge is 0.353 e. The number of anilines is 3. The van der Waals surface area contributed by atoms with Crippen LogP contribution in [0.4, 0.5) is 35.0 Å². The fraction of sp³-hybridized carbons (Fsp3) is 0.346. The van der Waals surface area contributed by atoms with Crippen molar-refractivity contribution in [3.63, 3.8) is 0 Å². The summed E-state index contributed by atoms with van der Waals surface area (Å²) >= 11 is 0. The highest BCUT2D eigenvalue weighted by molar-refractivity contribution is 5.94. The molecule has 2 fully saturated rings. The fourth-order valence-corrected chi connectivity index (χ4v) is 4.72. The number of piperazine rings is 1. The molecule has 2 N–H and O–H groups in total. The zero-order chi connectivity index (χ0) is 26.3. The van der Waals surface area contributed by atoms with Gasteiger partial charge in [-0.3, -0.25) is 4.98 Å². The van der Waals surface area contributed by atoms with Crippen LogP contribution in [0.25, 0.3) is 22.3 Å². The van der Waals surface area contributed by atoms with Gasteiger partial charge in [0.15, 0.2) is 5.82 Å². The van der Waals surface area contributed by atoms with E-state index in [4.69, 9.17) is 9.97 Å². The summed E-state index contributed by atoms with van der Waals surface area (Å²) in [5, 5.41) is 6.96. The van der Waals surface area contributed by atoms with Crippen LogP contribution >= 0.6 is 0 Å². The quantitative estimate of drug-likeness (QED) is 0.346. The first-order valence-corrected chi connectivity index (χ1v) is 12.4. The molecule has 1 saturated heterocycles. The van der Waals surface area contributed by atoms with Gasteiger partial charge >= 0.3 is 6.18 Å². The lowest BCUT2D eigenvalue weighted by Crippen LogP contribution is -2.52. The monoisotopic (exact) mass is 524 g/mol. The zero-order valence-corrected chi connectivity index (χ0v) is 20.2. The number of alkyl halides is 4. The summed E-state index contributed by atoms with van der Waals surface area (Å²) in [6.07, 6.45) is 3.88. The number of hydrogen-bond acceptors (Lipinski definition) is 8. The van der Waals surface area contributed by atoms with Gasteiger partial charge in [0.25, 0.3) is 0 Å². The van der Waals surface area contributed by atoms with Crippen molar-refractivity contribution >= 4 is 28.4 Å². The molecule has 0 amide bonds. The van der Waals surface area contributed by atoms with Crippen LogP contribution in [-0.2, 0) is 6.18 Å². The highest BCUT2D eigenvalue weighted by atomic mass is 19.4. The van der Waals surface area contributed by atoms with Gasteiger partial charge in [-0.25, -0.2) is 24.3 Å². The predicted molar refractivity (Wildman–Crippen MR) is 135 cm³/mol. The normalized spacial score (nSPS) is 18.1. The van der Waals surface area contributed by atoms with Crippen LogP contribution in [-0.4, -0.2) is 57.3 Å². The van der Waals surface area contributed by atoms with Crippen LogP contribution in [0.15, 0.2) is 49.1 Å². The second kappa shape index (κ2) is 9.75. The molecule has 5 heterocycles. The lowest BCUT2D eigenvalue weighted by molar-refractivity contribution is -0.137. The molecule has 1 saturated carbocycles. The number of aromatic nitrogens is 5. The molecular formula is C26H24F4N8. The topological polar surface area (TPSA) is 91.8 Å². The number of nitrogens with zero attached hydrogens (tertiary/aromatic N) is 6. The van der Waals surface area contributed by atoms with E-state index in [-0.39, 0.29) is 11.9 Å². The van der Waals surface area contributed by atoms with E-state index >= 15 is 0 Å². The molecule has 0 unspecified atom stereocenters. The molecule has 2 aliphatic rings. The summed E-state index contributed by atoms with van der Waals surface area (Å²) in [5.74, 6) is 1.88. The summed E-state index contributed by atoms with van der Waals surface area (Å²) in [4.78, 5) is 24.5. The first-order valence-electron chi connectivity index (χ1n) is 12.4. The third-order valence-corrected chi connectivity index (χ3v) is 6.74. The van der Waals surface area contributed by atoms with E-state index in [0.29, 0.717) is 48.3 Å². The summed E-state index contributed by atoms with van der Waals surface area (Å²) in [6.45, 7) is 1.29. The molecule has 4 aromatic rings. The first-order chi connectivity index (χ1) is 18.4. The Morgan fingerprint density at radius 1 is 1.03 bits per heavy atom. The minimum absolute atomic E-state index is 0.0148. The van der Waals surface area contributed by atoms with E-state index < -0.39 is 18.4 Å². The van der Waals surface area contributed by atoms with E-state index in [0.717, 1.165) is 47.9 Å². The van der Waals surface area contributed by atoms with Crippen LogP contribution in [0.2, 0.25) is 0 Å². The number of halogens is 4. The van der Waals surface area contributed by atoms with Crippen molar-refractivity contribution in [3.05, 3.63) is 60.2 Å². The molecule has 1 atom stereocenters. The molecular weight excluding hydrogens is 500 g/mol. The minimum atomic E-state index is -4.48. The second-order valence-electron chi connectivity index (χ2n) is 9.50. The third-order valence-electron chi connectivity index (χ3n) is 6.74. The van der Waals surface area contributed by atoms with Crippen LogP contribution in [0, 0.1) is 0 Å². The molecule has 0 radical (unpaired) electrons. The average Bonchev–Trinajstić information content (AvgIpc) is 3.78. The van der Waals surface area contributed by atoms with Crippen molar-refractivity contribution < 1.29 is 17.6 Å². The van der Waals surface area contributed by atoms with Gasteiger partial charge < -0.3 is 15.5 Å².